The normalized spacial score (nSPS) is 23.4. The van der Waals surface area contributed by atoms with Crippen molar-refractivity contribution in [3.63, 3.8) is 0 Å². The molecule has 20 nitrogen and oxygen atoms in total. The first-order valence-electron chi connectivity index (χ1n) is 19.4. The third kappa shape index (κ3) is 18.4. The molecule has 1 aliphatic rings. The number of aliphatic hydroxyl groups is 1. The zero-order chi connectivity index (χ0) is 42.3. The van der Waals surface area contributed by atoms with Crippen LogP contribution >= 0.6 is 0 Å². The molecule has 0 radical (unpaired) electrons. The van der Waals surface area contributed by atoms with Crippen molar-refractivity contribution in [2.75, 3.05) is 19.6 Å². The first-order chi connectivity index (χ1) is 27.1. The minimum atomic E-state index is -1.56. The number of amides is 7. The van der Waals surface area contributed by atoms with Gasteiger partial charge in [-0.2, -0.15) is 0 Å². The smallest absolute Gasteiger partial charge is 0.243 e. The van der Waals surface area contributed by atoms with Crippen LogP contribution in [0.1, 0.15) is 83.6 Å². The average Bonchev–Trinajstić information content (AvgIpc) is 3.16. The highest BCUT2D eigenvalue weighted by atomic mass is 16.3. The summed E-state index contributed by atoms with van der Waals surface area (Å²) in [6, 6.07) is 1.97. The second kappa shape index (κ2) is 25.7. The number of guanidine groups is 1. The van der Waals surface area contributed by atoms with E-state index in [9.17, 15) is 38.7 Å². The number of nitrogens with zero attached hydrogens (tertiary/aromatic N) is 1. The van der Waals surface area contributed by atoms with E-state index in [-0.39, 0.29) is 70.5 Å². The number of carbonyl (C=O) groups is 7. The number of hydrogen-bond donors (Lipinski definition) is 12. The average molecular weight is 803 g/mol. The van der Waals surface area contributed by atoms with Crippen molar-refractivity contribution >= 4 is 47.3 Å². The van der Waals surface area contributed by atoms with Crippen LogP contribution in [0, 0.1) is 0 Å². The minimum absolute atomic E-state index is 0.0424. The van der Waals surface area contributed by atoms with E-state index >= 15 is 0 Å². The fourth-order valence-electron chi connectivity index (χ4n) is 6.12. The van der Waals surface area contributed by atoms with Crippen molar-refractivity contribution < 1.29 is 38.7 Å². The molecular weight excluding hydrogens is 740 g/mol. The van der Waals surface area contributed by atoms with E-state index in [4.69, 9.17) is 22.9 Å². The second-order valence-corrected chi connectivity index (χ2v) is 14.0. The molecule has 7 amide bonds. The van der Waals surface area contributed by atoms with Crippen LogP contribution in [0.2, 0.25) is 0 Å². The number of nitrogens with two attached hydrogens (primary N) is 4. The van der Waals surface area contributed by atoms with Gasteiger partial charge in [0, 0.05) is 26.4 Å². The Labute approximate surface area is 333 Å². The van der Waals surface area contributed by atoms with Gasteiger partial charge in [0.05, 0.1) is 12.1 Å². The van der Waals surface area contributed by atoms with Gasteiger partial charge in [-0.05, 0) is 63.5 Å². The van der Waals surface area contributed by atoms with Crippen LogP contribution in [0.15, 0.2) is 35.3 Å². The summed E-state index contributed by atoms with van der Waals surface area (Å²) in [6.07, 6.45) is 0.375. The number of aliphatic hydroxyl groups excluding tert-OH is 1. The molecule has 0 bridgehead atoms. The van der Waals surface area contributed by atoms with Gasteiger partial charge in [0.1, 0.15) is 30.4 Å². The molecule has 318 valence electrons. The molecule has 57 heavy (non-hydrogen) atoms. The summed E-state index contributed by atoms with van der Waals surface area (Å²) in [4.78, 5) is 96.4. The monoisotopic (exact) mass is 802 g/mol. The molecule has 0 aliphatic carbocycles. The highest BCUT2D eigenvalue weighted by Crippen LogP contribution is 2.11. The molecule has 1 fully saturated rings. The lowest BCUT2D eigenvalue weighted by Crippen LogP contribution is -2.61. The quantitative estimate of drug-likeness (QED) is 0.0445. The van der Waals surface area contributed by atoms with E-state index in [1.54, 1.807) is 30.3 Å². The first-order valence-corrected chi connectivity index (χ1v) is 19.4. The Bertz CT molecular complexity index is 1510. The fourth-order valence-corrected chi connectivity index (χ4v) is 6.12. The zero-order valence-corrected chi connectivity index (χ0v) is 32.9. The lowest BCUT2D eigenvalue weighted by molar-refractivity contribution is -0.133. The standard InChI is InChI=1S/C37H62N12O8/c1-3-4-12-25(44-22(2)50)32(53)48-28-15-16-30(51)42-20-17-24(31(39)52)45-33(54)27(14-9-19-43-37(40)41)47-36(57)29(21-23-10-6-5-7-11-23)49-34(55)26(13-8-18-38)46-35(28)56/h5-7,10-11,24-29,34,49,55H,3-4,8-9,12-21,38H2,1-2H3,(H2,39,52)(H,42,51)(H,44,50)(H,45,54)(H,46,56)(H,47,57)(H,48,53)(H4,40,41,43). The van der Waals surface area contributed by atoms with Gasteiger partial charge < -0.3 is 59.9 Å². The van der Waals surface area contributed by atoms with Crippen LogP contribution in [-0.4, -0.2) is 115 Å². The molecular formula is C37H62N12O8. The second-order valence-electron chi connectivity index (χ2n) is 14.0. The van der Waals surface area contributed by atoms with Crippen molar-refractivity contribution in [2.24, 2.45) is 27.9 Å². The van der Waals surface area contributed by atoms with Crippen LogP contribution in [-0.2, 0) is 40.0 Å². The summed E-state index contributed by atoms with van der Waals surface area (Å²) in [5, 5.41) is 30.5. The van der Waals surface area contributed by atoms with Crippen molar-refractivity contribution in [1.82, 2.24) is 37.2 Å². The number of benzene rings is 1. The molecule has 16 N–H and O–H groups in total. The number of carbonyl (C=O) groups excluding carboxylic acids is 7. The summed E-state index contributed by atoms with van der Waals surface area (Å²) in [5.74, 6) is -4.82. The predicted octanol–water partition coefficient (Wildman–Crippen LogP) is -3.28. The van der Waals surface area contributed by atoms with Gasteiger partial charge in [-0.25, -0.2) is 0 Å². The largest absolute Gasteiger partial charge is 0.376 e. The topological polar surface area (TPSA) is 340 Å². The van der Waals surface area contributed by atoms with Gasteiger partial charge >= 0.3 is 0 Å². The van der Waals surface area contributed by atoms with Gasteiger partial charge in [0.15, 0.2) is 5.96 Å². The maximum absolute atomic E-state index is 14.1. The summed E-state index contributed by atoms with van der Waals surface area (Å²) in [7, 11) is 0. The van der Waals surface area contributed by atoms with E-state index in [0.717, 1.165) is 6.42 Å². The Morgan fingerprint density at radius 3 is 2.25 bits per heavy atom. The molecule has 7 unspecified atom stereocenters. The predicted molar refractivity (Wildman–Crippen MR) is 212 cm³/mol. The van der Waals surface area contributed by atoms with E-state index in [1.807, 2.05) is 6.92 Å². The summed E-state index contributed by atoms with van der Waals surface area (Å²) in [5.41, 5.74) is 23.0. The zero-order valence-electron chi connectivity index (χ0n) is 32.9. The Hall–Kier alpha value is -5.34. The number of rotatable bonds is 16. The molecule has 20 heteroatoms. The van der Waals surface area contributed by atoms with Crippen molar-refractivity contribution in [3.05, 3.63) is 35.9 Å². The molecule has 2 rings (SSSR count). The van der Waals surface area contributed by atoms with Crippen molar-refractivity contribution in [1.29, 1.82) is 0 Å². The van der Waals surface area contributed by atoms with Crippen molar-refractivity contribution in [3.8, 4) is 0 Å². The molecule has 0 saturated carbocycles. The highest BCUT2D eigenvalue weighted by Gasteiger charge is 2.34. The third-order valence-corrected chi connectivity index (χ3v) is 9.23. The number of primary amides is 1. The molecule has 7 atom stereocenters. The molecule has 1 heterocycles. The third-order valence-electron chi connectivity index (χ3n) is 9.23. The van der Waals surface area contributed by atoms with Crippen LogP contribution in [0.3, 0.4) is 0 Å². The van der Waals surface area contributed by atoms with Crippen molar-refractivity contribution in [2.45, 2.75) is 127 Å². The highest BCUT2D eigenvalue weighted by molar-refractivity contribution is 5.93. The van der Waals surface area contributed by atoms with Crippen LogP contribution in [0.5, 0.6) is 0 Å². The van der Waals surface area contributed by atoms with Crippen LogP contribution < -0.4 is 60.2 Å². The fraction of sp³-hybridized carbons (Fsp3) is 0.622. The molecule has 1 aliphatic heterocycles. The Kier molecular flexibility index (Phi) is 21.6. The maximum Gasteiger partial charge on any atom is 0.243 e. The minimum Gasteiger partial charge on any atom is -0.376 e. The number of nitrogens with one attached hydrogen (secondary N) is 7. The van der Waals surface area contributed by atoms with Crippen LogP contribution in [0.4, 0.5) is 0 Å². The van der Waals surface area contributed by atoms with E-state index < -0.39 is 83.8 Å². The van der Waals surface area contributed by atoms with Gasteiger partial charge in [0.2, 0.25) is 41.4 Å². The Morgan fingerprint density at radius 2 is 1.61 bits per heavy atom. The maximum atomic E-state index is 14.1. The van der Waals surface area contributed by atoms with Gasteiger partial charge in [0.25, 0.3) is 0 Å². The lowest BCUT2D eigenvalue weighted by atomic mass is 10.0. The Morgan fingerprint density at radius 1 is 0.912 bits per heavy atom. The molecule has 1 aromatic carbocycles. The van der Waals surface area contributed by atoms with Crippen LogP contribution in [0.25, 0.3) is 0 Å². The summed E-state index contributed by atoms with van der Waals surface area (Å²) >= 11 is 0. The van der Waals surface area contributed by atoms with Gasteiger partial charge in [-0.3, -0.25) is 43.9 Å². The number of unbranched alkanes of at least 4 members (excludes halogenated alkanes) is 1. The molecule has 0 aromatic heterocycles. The Balaban J connectivity index is 2.57. The van der Waals surface area contributed by atoms with Gasteiger partial charge in [-0.1, -0.05) is 50.1 Å². The SMILES string of the molecule is CCCCC(NC(C)=O)C(=O)NC1CCC(=O)NCCC(C(N)=O)NC(=O)C(CCCN=C(N)N)NC(=O)C(Cc2ccccc2)NC(O)C(CCCN)NC1=O. The molecule has 0 spiro atoms. The van der Waals surface area contributed by atoms with E-state index in [1.165, 1.54) is 6.92 Å². The summed E-state index contributed by atoms with van der Waals surface area (Å²) < 4.78 is 0. The number of aliphatic imine (C=N–C) groups is 1. The van der Waals surface area contributed by atoms with Gasteiger partial charge in [-0.15, -0.1) is 0 Å². The summed E-state index contributed by atoms with van der Waals surface area (Å²) in [6.45, 7) is 3.43. The first kappa shape index (κ1) is 47.8. The van der Waals surface area contributed by atoms with E-state index in [0.29, 0.717) is 24.8 Å². The lowest BCUT2D eigenvalue weighted by Gasteiger charge is -2.31. The molecule has 1 aromatic rings. The van der Waals surface area contributed by atoms with E-state index in [2.05, 4.69) is 42.2 Å². The molecule has 1 saturated heterocycles. The number of hydrogen-bond acceptors (Lipinski definition) is 11.